The molecular weight excluding hydrogens is 346 g/mol. The van der Waals surface area contributed by atoms with E-state index < -0.39 is 0 Å². The van der Waals surface area contributed by atoms with Gasteiger partial charge in [-0.05, 0) is 38.6 Å². The molecule has 1 atom stereocenters. The minimum absolute atomic E-state index is 0.0985. The molecule has 138 valence electrons. The first-order valence-electron chi connectivity index (χ1n) is 8.43. The molecular formula is C20H25N3O2S. The van der Waals surface area contributed by atoms with Crippen LogP contribution >= 0.6 is 11.8 Å². The van der Waals surface area contributed by atoms with Crippen LogP contribution in [0.25, 0.3) is 0 Å². The second-order valence-corrected chi connectivity index (χ2v) is 7.32. The highest BCUT2D eigenvalue weighted by molar-refractivity contribution is 8.00. The van der Waals surface area contributed by atoms with Crippen molar-refractivity contribution in [3.63, 3.8) is 0 Å². The Balaban J connectivity index is 1.97. The van der Waals surface area contributed by atoms with Crippen molar-refractivity contribution in [2.45, 2.75) is 24.8 Å². The Bertz CT molecular complexity index is 762. The molecule has 2 amide bonds. The van der Waals surface area contributed by atoms with E-state index in [2.05, 4.69) is 43.4 Å². The highest BCUT2D eigenvalue weighted by Crippen LogP contribution is 2.27. The lowest BCUT2D eigenvalue weighted by Crippen LogP contribution is -2.32. The van der Waals surface area contributed by atoms with E-state index in [1.807, 2.05) is 36.2 Å². The van der Waals surface area contributed by atoms with Crippen molar-refractivity contribution in [3.05, 3.63) is 59.7 Å². The maximum Gasteiger partial charge on any atom is 0.238 e. The van der Waals surface area contributed by atoms with Crippen LogP contribution < -0.4 is 11.1 Å². The fourth-order valence-electron chi connectivity index (χ4n) is 2.50. The Morgan fingerprint density at radius 2 is 1.81 bits per heavy atom. The molecule has 0 saturated heterocycles. The number of thioether (sulfide) groups is 1. The number of aryl methyl sites for hydroxylation is 1. The van der Waals surface area contributed by atoms with Gasteiger partial charge in [-0.25, -0.2) is 0 Å². The molecule has 0 saturated carbocycles. The molecule has 0 aromatic heterocycles. The monoisotopic (exact) mass is 371 g/mol. The van der Waals surface area contributed by atoms with Crippen LogP contribution in [-0.2, 0) is 9.59 Å². The summed E-state index contributed by atoms with van der Waals surface area (Å²) in [5, 5.41) is 2.93. The predicted octanol–water partition coefficient (Wildman–Crippen LogP) is 3.20. The van der Waals surface area contributed by atoms with Crippen LogP contribution in [0.3, 0.4) is 0 Å². The maximum absolute atomic E-state index is 12.4. The molecule has 26 heavy (non-hydrogen) atoms. The molecule has 2 aromatic rings. The van der Waals surface area contributed by atoms with Gasteiger partial charge >= 0.3 is 0 Å². The van der Waals surface area contributed by atoms with E-state index in [1.165, 1.54) is 22.9 Å². The smallest absolute Gasteiger partial charge is 0.238 e. The third kappa shape index (κ3) is 5.89. The van der Waals surface area contributed by atoms with Crippen molar-refractivity contribution in [2.75, 3.05) is 24.7 Å². The van der Waals surface area contributed by atoms with E-state index in [-0.39, 0.29) is 30.2 Å². The van der Waals surface area contributed by atoms with Crippen molar-refractivity contribution in [1.29, 1.82) is 0 Å². The van der Waals surface area contributed by atoms with Crippen LogP contribution in [0.1, 0.15) is 24.1 Å². The fraction of sp³-hybridized carbons (Fsp3) is 0.300. The van der Waals surface area contributed by atoms with E-state index in [1.54, 1.807) is 0 Å². The number of para-hydroxylation sites is 1. The average molecular weight is 372 g/mol. The quantitative estimate of drug-likeness (QED) is 0.699. The molecule has 0 aliphatic carbocycles. The summed E-state index contributed by atoms with van der Waals surface area (Å²) in [4.78, 5) is 26.3. The van der Waals surface area contributed by atoms with Crippen molar-refractivity contribution in [1.82, 2.24) is 4.90 Å². The summed E-state index contributed by atoms with van der Waals surface area (Å²) < 4.78 is 0. The topological polar surface area (TPSA) is 75.4 Å². The average Bonchev–Trinajstić information content (AvgIpc) is 2.60. The van der Waals surface area contributed by atoms with Gasteiger partial charge < -0.3 is 11.1 Å². The molecule has 3 N–H and O–H groups in total. The van der Waals surface area contributed by atoms with Crippen molar-refractivity contribution in [3.8, 4) is 0 Å². The van der Waals surface area contributed by atoms with Crippen LogP contribution in [0, 0.1) is 6.92 Å². The number of anilines is 1. The number of amides is 2. The fourth-order valence-corrected chi connectivity index (χ4v) is 3.24. The molecule has 2 aromatic carbocycles. The first kappa shape index (κ1) is 20.0. The summed E-state index contributed by atoms with van der Waals surface area (Å²) >= 11 is 1.32. The Hall–Kier alpha value is -2.31. The molecule has 0 heterocycles. The minimum atomic E-state index is -0.386. The second-order valence-electron chi connectivity index (χ2n) is 6.30. The number of rotatable bonds is 8. The summed E-state index contributed by atoms with van der Waals surface area (Å²) in [6, 6.07) is 15.9. The van der Waals surface area contributed by atoms with Crippen LogP contribution in [0.4, 0.5) is 5.69 Å². The molecule has 0 bridgehead atoms. The number of likely N-dealkylation sites (N-methyl/N-ethyl adjacent to an activating group) is 1. The summed E-state index contributed by atoms with van der Waals surface area (Å²) in [7, 11) is 1.93. The highest BCUT2D eigenvalue weighted by atomic mass is 32.2. The van der Waals surface area contributed by atoms with Crippen molar-refractivity contribution < 1.29 is 9.59 Å². The lowest BCUT2D eigenvalue weighted by molar-refractivity contribution is -0.117. The zero-order valence-corrected chi connectivity index (χ0v) is 16.2. The Kier molecular flexibility index (Phi) is 7.24. The normalized spacial score (nSPS) is 12.0. The SMILES string of the molecule is Cc1ccc(C(C)N(C)CC(=O)Nc2ccccc2SCC(N)=O)cc1. The van der Waals surface area contributed by atoms with E-state index in [0.29, 0.717) is 5.69 Å². The van der Waals surface area contributed by atoms with Crippen LogP contribution in [0.15, 0.2) is 53.4 Å². The number of nitrogens with one attached hydrogen (secondary N) is 1. The van der Waals surface area contributed by atoms with Gasteiger partial charge in [-0.15, -0.1) is 11.8 Å². The van der Waals surface area contributed by atoms with Crippen molar-refractivity contribution in [2.24, 2.45) is 5.73 Å². The standard InChI is InChI=1S/C20H25N3O2S/c1-14-8-10-16(11-9-14)15(2)23(3)12-20(25)22-17-6-4-5-7-18(17)26-13-19(21)24/h4-11,15H,12-13H2,1-3H3,(H2,21,24)(H,22,25). The Morgan fingerprint density at radius 3 is 2.46 bits per heavy atom. The van der Waals surface area contributed by atoms with E-state index >= 15 is 0 Å². The summed E-state index contributed by atoms with van der Waals surface area (Å²) in [5.41, 5.74) is 8.28. The number of hydrogen-bond acceptors (Lipinski definition) is 4. The molecule has 0 radical (unpaired) electrons. The molecule has 0 aliphatic heterocycles. The van der Waals surface area contributed by atoms with Gasteiger partial charge in [0.25, 0.3) is 0 Å². The lowest BCUT2D eigenvalue weighted by Gasteiger charge is -2.24. The van der Waals surface area contributed by atoms with Gasteiger partial charge in [0.2, 0.25) is 11.8 Å². The molecule has 0 fully saturated rings. The molecule has 0 spiro atoms. The van der Waals surface area contributed by atoms with Gasteiger partial charge in [0, 0.05) is 10.9 Å². The number of hydrogen-bond donors (Lipinski definition) is 2. The molecule has 5 nitrogen and oxygen atoms in total. The number of primary amides is 1. The van der Waals surface area contributed by atoms with E-state index in [9.17, 15) is 9.59 Å². The van der Waals surface area contributed by atoms with Crippen LogP contribution in [0.5, 0.6) is 0 Å². The number of carbonyl (C=O) groups excluding carboxylic acids is 2. The third-order valence-corrected chi connectivity index (χ3v) is 5.24. The molecule has 2 rings (SSSR count). The van der Waals surface area contributed by atoms with E-state index in [4.69, 9.17) is 5.73 Å². The highest BCUT2D eigenvalue weighted by Gasteiger charge is 2.16. The minimum Gasteiger partial charge on any atom is -0.369 e. The number of benzene rings is 2. The number of nitrogens with two attached hydrogens (primary N) is 1. The second kappa shape index (κ2) is 9.40. The first-order chi connectivity index (χ1) is 12.4. The summed E-state index contributed by atoms with van der Waals surface area (Å²) in [6.07, 6.45) is 0. The number of nitrogens with zero attached hydrogens (tertiary/aromatic N) is 1. The maximum atomic E-state index is 12.4. The molecule has 0 aliphatic rings. The zero-order chi connectivity index (χ0) is 19.1. The van der Waals surface area contributed by atoms with Gasteiger partial charge in [-0.1, -0.05) is 42.0 Å². The first-order valence-corrected chi connectivity index (χ1v) is 9.42. The van der Waals surface area contributed by atoms with E-state index in [0.717, 1.165) is 4.90 Å². The van der Waals surface area contributed by atoms with Gasteiger partial charge in [0.05, 0.1) is 18.0 Å². The van der Waals surface area contributed by atoms with Gasteiger partial charge in [-0.2, -0.15) is 0 Å². The molecule has 1 unspecified atom stereocenters. The predicted molar refractivity (Wildman–Crippen MR) is 107 cm³/mol. The Morgan fingerprint density at radius 1 is 1.15 bits per heavy atom. The van der Waals surface area contributed by atoms with Crippen molar-refractivity contribution >= 4 is 29.3 Å². The summed E-state index contributed by atoms with van der Waals surface area (Å²) in [6.45, 7) is 4.40. The van der Waals surface area contributed by atoms with Crippen LogP contribution in [-0.4, -0.2) is 36.1 Å². The lowest BCUT2D eigenvalue weighted by atomic mass is 10.1. The Labute approximate surface area is 159 Å². The zero-order valence-electron chi connectivity index (χ0n) is 15.4. The number of carbonyl (C=O) groups is 2. The van der Waals surface area contributed by atoms with Gasteiger partial charge in [0.1, 0.15) is 0 Å². The van der Waals surface area contributed by atoms with Crippen LogP contribution in [0.2, 0.25) is 0 Å². The largest absolute Gasteiger partial charge is 0.369 e. The van der Waals surface area contributed by atoms with Gasteiger partial charge in [0.15, 0.2) is 0 Å². The third-order valence-electron chi connectivity index (χ3n) is 4.15. The summed E-state index contributed by atoms with van der Waals surface area (Å²) in [5.74, 6) is -0.307. The molecule has 6 heteroatoms. The van der Waals surface area contributed by atoms with Gasteiger partial charge in [-0.3, -0.25) is 14.5 Å².